The van der Waals surface area contributed by atoms with Crippen LogP contribution in [0, 0.1) is 16.7 Å². The molecule has 0 saturated carbocycles. The van der Waals surface area contributed by atoms with Crippen LogP contribution in [0.2, 0.25) is 0 Å². The van der Waals surface area contributed by atoms with Gasteiger partial charge in [-0.15, -0.1) is 0 Å². The van der Waals surface area contributed by atoms with Crippen molar-refractivity contribution >= 4 is 5.69 Å². The molecule has 0 saturated heterocycles. The van der Waals surface area contributed by atoms with Crippen LogP contribution in [0.5, 0.6) is 0 Å². The lowest BCUT2D eigenvalue weighted by atomic mass is 9.90. The molecule has 1 aromatic carbocycles. The fraction of sp³-hybridized carbons (Fsp3) is 0.562. The number of hydrogen-bond acceptors (Lipinski definition) is 2. The SMILES string of the molecule is CC(C)c1cccc(NCCCC(C)(C)C#N)c1. The normalized spacial score (nSPS) is 11.3. The third-order valence-corrected chi connectivity index (χ3v) is 3.16. The van der Waals surface area contributed by atoms with E-state index in [-0.39, 0.29) is 5.41 Å². The lowest BCUT2D eigenvalue weighted by molar-refractivity contribution is 0.441. The first-order valence-electron chi connectivity index (χ1n) is 6.70. The highest BCUT2D eigenvalue weighted by Crippen LogP contribution is 2.21. The highest BCUT2D eigenvalue weighted by Gasteiger charge is 2.15. The molecule has 0 atom stereocenters. The van der Waals surface area contributed by atoms with Gasteiger partial charge in [-0.05, 0) is 50.3 Å². The van der Waals surface area contributed by atoms with Crippen molar-refractivity contribution in [2.45, 2.75) is 46.5 Å². The molecule has 0 unspecified atom stereocenters. The van der Waals surface area contributed by atoms with Gasteiger partial charge in [0.15, 0.2) is 0 Å². The van der Waals surface area contributed by atoms with Crippen LogP contribution in [0.25, 0.3) is 0 Å². The van der Waals surface area contributed by atoms with Crippen LogP contribution < -0.4 is 5.32 Å². The third-order valence-electron chi connectivity index (χ3n) is 3.16. The largest absolute Gasteiger partial charge is 0.385 e. The number of hydrogen-bond donors (Lipinski definition) is 1. The molecule has 0 aliphatic heterocycles. The Morgan fingerprint density at radius 1 is 1.33 bits per heavy atom. The molecule has 0 fully saturated rings. The highest BCUT2D eigenvalue weighted by atomic mass is 14.9. The minimum atomic E-state index is -0.207. The average molecular weight is 244 g/mol. The maximum absolute atomic E-state index is 8.94. The number of nitriles is 1. The van der Waals surface area contributed by atoms with E-state index in [1.165, 1.54) is 11.3 Å². The predicted octanol–water partition coefficient (Wildman–Crippen LogP) is 4.55. The zero-order valence-electron chi connectivity index (χ0n) is 12.0. The van der Waals surface area contributed by atoms with Gasteiger partial charge in [-0.2, -0.15) is 5.26 Å². The van der Waals surface area contributed by atoms with E-state index in [2.05, 4.69) is 49.5 Å². The van der Waals surface area contributed by atoms with Crippen LogP contribution in [0.4, 0.5) is 5.69 Å². The molecule has 1 N–H and O–H groups in total. The van der Waals surface area contributed by atoms with Crippen molar-refractivity contribution in [2.75, 3.05) is 11.9 Å². The van der Waals surface area contributed by atoms with Crippen LogP contribution >= 0.6 is 0 Å². The van der Waals surface area contributed by atoms with Gasteiger partial charge < -0.3 is 5.32 Å². The van der Waals surface area contributed by atoms with Gasteiger partial charge in [-0.1, -0.05) is 26.0 Å². The molecule has 2 heteroatoms. The number of anilines is 1. The molecule has 1 rings (SSSR count). The summed E-state index contributed by atoms with van der Waals surface area (Å²) in [7, 11) is 0. The molecule has 0 aromatic heterocycles. The van der Waals surface area contributed by atoms with Crippen LogP contribution in [-0.2, 0) is 0 Å². The summed E-state index contributed by atoms with van der Waals surface area (Å²) >= 11 is 0. The minimum absolute atomic E-state index is 0.207. The number of nitrogens with one attached hydrogen (secondary N) is 1. The van der Waals surface area contributed by atoms with Gasteiger partial charge in [0.05, 0.1) is 11.5 Å². The first kappa shape index (κ1) is 14.6. The number of benzene rings is 1. The van der Waals surface area contributed by atoms with Crippen molar-refractivity contribution in [1.82, 2.24) is 0 Å². The molecule has 98 valence electrons. The van der Waals surface area contributed by atoms with E-state index in [1.54, 1.807) is 0 Å². The molecular weight excluding hydrogens is 220 g/mol. The highest BCUT2D eigenvalue weighted by molar-refractivity contribution is 5.46. The van der Waals surface area contributed by atoms with Gasteiger partial charge in [0.1, 0.15) is 0 Å². The summed E-state index contributed by atoms with van der Waals surface area (Å²) in [6.45, 7) is 9.31. The van der Waals surface area contributed by atoms with Crippen molar-refractivity contribution in [3.8, 4) is 6.07 Å². The Balaban J connectivity index is 2.41. The van der Waals surface area contributed by atoms with Crippen LogP contribution in [-0.4, -0.2) is 6.54 Å². The minimum Gasteiger partial charge on any atom is -0.385 e. The summed E-state index contributed by atoms with van der Waals surface area (Å²) in [5.41, 5.74) is 2.33. The second-order valence-corrected chi connectivity index (χ2v) is 5.81. The Hall–Kier alpha value is -1.49. The Morgan fingerprint density at radius 3 is 2.67 bits per heavy atom. The van der Waals surface area contributed by atoms with E-state index < -0.39 is 0 Å². The topological polar surface area (TPSA) is 35.8 Å². The summed E-state index contributed by atoms with van der Waals surface area (Å²) in [5, 5.41) is 12.4. The van der Waals surface area contributed by atoms with Crippen molar-refractivity contribution in [3.63, 3.8) is 0 Å². The molecule has 2 nitrogen and oxygen atoms in total. The molecule has 0 radical (unpaired) electrons. The summed E-state index contributed by atoms with van der Waals surface area (Å²) in [5.74, 6) is 0.560. The predicted molar refractivity (Wildman–Crippen MR) is 77.6 cm³/mol. The first-order valence-corrected chi connectivity index (χ1v) is 6.70. The second-order valence-electron chi connectivity index (χ2n) is 5.81. The van der Waals surface area contributed by atoms with Crippen molar-refractivity contribution in [2.24, 2.45) is 5.41 Å². The maximum atomic E-state index is 8.94. The van der Waals surface area contributed by atoms with Gasteiger partial charge in [0.25, 0.3) is 0 Å². The summed E-state index contributed by atoms with van der Waals surface area (Å²) in [6, 6.07) is 10.9. The molecular formula is C16H24N2. The zero-order chi connectivity index (χ0) is 13.6. The fourth-order valence-corrected chi connectivity index (χ4v) is 1.83. The average Bonchev–Trinajstić information content (AvgIpc) is 2.35. The van der Waals surface area contributed by atoms with Gasteiger partial charge in [0, 0.05) is 12.2 Å². The van der Waals surface area contributed by atoms with Gasteiger partial charge in [0.2, 0.25) is 0 Å². The first-order chi connectivity index (χ1) is 8.44. The quantitative estimate of drug-likeness (QED) is 0.745. The van der Waals surface area contributed by atoms with E-state index in [0.717, 1.165) is 19.4 Å². The fourth-order valence-electron chi connectivity index (χ4n) is 1.83. The lowest BCUT2D eigenvalue weighted by Gasteiger charge is -2.15. The summed E-state index contributed by atoms with van der Waals surface area (Å²) in [6.07, 6.45) is 1.95. The Kier molecular flexibility index (Phi) is 5.22. The lowest BCUT2D eigenvalue weighted by Crippen LogP contribution is -2.11. The summed E-state index contributed by atoms with van der Waals surface area (Å²) < 4.78 is 0. The smallest absolute Gasteiger partial charge is 0.0683 e. The van der Waals surface area contributed by atoms with Gasteiger partial charge in [-0.25, -0.2) is 0 Å². The molecule has 0 heterocycles. The molecule has 0 aliphatic rings. The molecule has 1 aromatic rings. The molecule has 0 amide bonds. The van der Waals surface area contributed by atoms with Crippen molar-refractivity contribution in [1.29, 1.82) is 5.26 Å². The van der Waals surface area contributed by atoms with E-state index in [4.69, 9.17) is 5.26 Å². The van der Waals surface area contributed by atoms with E-state index in [0.29, 0.717) is 5.92 Å². The molecule has 0 spiro atoms. The van der Waals surface area contributed by atoms with Gasteiger partial charge in [-0.3, -0.25) is 0 Å². The molecule has 0 aliphatic carbocycles. The summed E-state index contributed by atoms with van der Waals surface area (Å²) in [4.78, 5) is 0. The molecule has 0 bridgehead atoms. The van der Waals surface area contributed by atoms with E-state index in [1.807, 2.05) is 13.8 Å². The van der Waals surface area contributed by atoms with Crippen molar-refractivity contribution in [3.05, 3.63) is 29.8 Å². The second kappa shape index (κ2) is 6.44. The standard InChI is InChI=1S/C16H24N2/c1-13(2)14-7-5-8-15(11-14)18-10-6-9-16(3,4)12-17/h5,7-8,11,13,18H,6,9-10H2,1-4H3. The Morgan fingerprint density at radius 2 is 2.06 bits per heavy atom. The van der Waals surface area contributed by atoms with Gasteiger partial charge >= 0.3 is 0 Å². The van der Waals surface area contributed by atoms with Crippen LogP contribution in [0.1, 0.15) is 52.0 Å². The van der Waals surface area contributed by atoms with E-state index >= 15 is 0 Å². The third kappa shape index (κ3) is 4.79. The van der Waals surface area contributed by atoms with Crippen LogP contribution in [0.3, 0.4) is 0 Å². The zero-order valence-corrected chi connectivity index (χ0v) is 12.0. The van der Waals surface area contributed by atoms with Crippen molar-refractivity contribution < 1.29 is 0 Å². The number of nitrogens with zero attached hydrogens (tertiary/aromatic N) is 1. The Labute approximate surface area is 111 Å². The maximum Gasteiger partial charge on any atom is 0.0683 e. The molecule has 18 heavy (non-hydrogen) atoms. The van der Waals surface area contributed by atoms with Crippen LogP contribution in [0.15, 0.2) is 24.3 Å². The number of rotatable bonds is 6. The monoisotopic (exact) mass is 244 g/mol. The Bertz CT molecular complexity index is 413. The van der Waals surface area contributed by atoms with E-state index in [9.17, 15) is 0 Å².